The lowest BCUT2D eigenvalue weighted by molar-refractivity contribution is -0.116. The van der Waals surface area contributed by atoms with Crippen molar-refractivity contribution in [3.63, 3.8) is 0 Å². The molecular formula is C10H14N2O. The molecule has 1 rings (SSSR count). The second-order valence-electron chi connectivity index (χ2n) is 3.12. The van der Waals surface area contributed by atoms with Crippen LogP contribution in [0, 0.1) is 13.8 Å². The van der Waals surface area contributed by atoms with Crippen molar-refractivity contribution in [1.29, 1.82) is 0 Å². The van der Waals surface area contributed by atoms with E-state index in [1.807, 2.05) is 32.0 Å². The van der Waals surface area contributed by atoms with Crippen LogP contribution in [0.3, 0.4) is 0 Å². The average molecular weight is 178 g/mol. The first-order valence-corrected chi connectivity index (χ1v) is 4.19. The zero-order valence-corrected chi connectivity index (χ0v) is 7.92. The molecule has 0 fully saturated rings. The molecule has 0 aliphatic rings. The van der Waals surface area contributed by atoms with Crippen molar-refractivity contribution in [1.82, 2.24) is 0 Å². The maximum absolute atomic E-state index is 10.5. The fourth-order valence-electron chi connectivity index (χ4n) is 1.04. The number of carbonyl (C=O) groups is 1. The summed E-state index contributed by atoms with van der Waals surface area (Å²) < 4.78 is 0. The smallest absolute Gasteiger partial charge is 0.236 e. The van der Waals surface area contributed by atoms with Crippen LogP contribution in [-0.4, -0.2) is 12.5 Å². The standard InChI is InChI=1S/C10H14N2O/c1-7-3-4-9(5-8(7)2)12-6-10(11)13/h3-5,12H,6H2,1-2H3,(H2,11,13). The molecule has 1 aromatic carbocycles. The molecule has 0 aliphatic heterocycles. The number of hydrogen-bond acceptors (Lipinski definition) is 2. The molecule has 0 saturated carbocycles. The lowest BCUT2D eigenvalue weighted by Gasteiger charge is -2.06. The largest absolute Gasteiger partial charge is 0.376 e. The van der Waals surface area contributed by atoms with Crippen molar-refractivity contribution in [3.8, 4) is 0 Å². The Balaban J connectivity index is 2.68. The predicted octanol–water partition coefficient (Wildman–Crippen LogP) is 1.20. The number of hydrogen-bond donors (Lipinski definition) is 2. The summed E-state index contributed by atoms with van der Waals surface area (Å²) in [7, 11) is 0. The fourth-order valence-corrected chi connectivity index (χ4v) is 1.04. The van der Waals surface area contributed by atoms with E-state index in [1.54, 1.807) is 0 Å². The highest BCUT2D eigenvalue weighted by molar-refractivity contribution is 5.78. The molecule has 0 bridgehead atoms. The topological polar surface area (TPSA) is 55.1 Å². The lowest BCUT2D eigenvalue weighted by atomic mass is 10.1. The van der Waals surface area contributed by atoms with Crippen molar-refractivity contribution < 1.29 is 4.79 Å². The Kier molecular flexibility index (Phi) is 2.90. The Morgan fingerprint density at radius 1 is 1.38 bits per heavy atom. The number of carbonyl (C=O) groups excluding carboxylic acids is 1. The van der Waals surface area contributed by atoms with Crippen LogP contribution in [0.15, 0.2) is 18.2 Å². The number of benzene rings is 1. The van der Waals surface area contributed by atoms with E-state index in [4.69, 9.17) is 5.73 Å². The molecule has 3 nitrogen and oxygen atoms in total. The summed E-state index contributed by atoms with van der Waals surface area (Å²) in [5.41, 5.74) is 8.38. The summed E-state index contributed by atoms with van der Waals surface area (Å²) >= 11 is 0. The van der Waals surface area contributed by atoms with Gasteiger partial charge in [-0.15, -0.1) is 0 Å². The van der Waals surface area contributed by atoms with Gasteiger partial charge in [-0.25, -0.2) is 0 Å². The van der Waals surface area contributed by atoms with E-state index in [2.05, 4.69) is 5.32 Å². The summed E-state index contributed by atoms with van der Waals surface area (Å²) in [6, 6.07) is 5.95. The quantitative estimate of drug-likeness (QED) is 0.730. The van der Waals surface area contributed by atoms with Gasteiger partial charge in [0.2, 0.25) is 5.91 Å². The maximum atomic E-state index is 10.5. The monoisotopic (exact) mass is 178 g/mol. The summed E-state index contributed by atoms with van der Waals surface area (Å²) in [4.78, 5) is 10.5. The molecule has 70 valence electrons. The third kappa shape index (κ3) is 2.78. The summed E-state index contributed by atoms with van der Waals surface area (Å²) in [6.07, 6.45) is 0. The van der Waals surface area contributed by atoms with Crippen LogP contribution in [0.4, 0.5) is 5.69 Å². The zero-order chi connectivity index (χ0) is 9.84. The zero-order valence-electron chi connectivity index (χ0n) is 7.92. The van der Waals surface area contributed by atoms with Crippen molar-refractivity contribution >= 4 is 11.6 Å². The molecule has 0 aliphatic carbocycles. The lowest BCUT2D eigenvalue weighted by Crippen LogP contribution is -2.21. The first-order chi connectivity index (χ1) is 6.09. The highest BCUT2D eigenvalue weighted by Crippen LogP contribution is 2.13. The fraction of sp³-hybridized carbons (Fsp3) is 0.300. The average Bonchev–Trinajstić information content (AvgIpc) is 2.07. The first-order valence-electron chi connectivity index (χ1n) is 4.19. The van der Waals surface area contributed by atoms with E-state index in [0.29, 0.717) is 0 Å². The molecule has 13 heavy (non-hydrogen) atoms. The number of primary amides is 1. The number of rotatable bonds is 3. The Labute approximate surface area is 77.9 Å². The van der Waals surface area contributed by atoms with Gasteiger partial charge < -0.3 is 11.1 Å². The highest BCUT2D eigenvalue weighted by atomic mass is 16.1. The molecule has 3 N–H and O–H groups in total. The van der Waals surface area contributed by atoms with E-state index < -0.39 is 0 Å². The molecule has 0 aromatic heterocycles. The third-order valence-electron chi connectivity index (χ3n) is 1.97. The van der Waals surface area contributed by atoms with Gasteiger partial charge in [-0.2, -0.15) is 0 Å². The van der Waals surface area contributed by atoms with Crippen LogP contribution < -0.4 is 11.1 Å². The van der Waals surface area contributed by atoms with Crippen LogP contribution in [0.25, 0.3) is 0 Å². The molecule has 0 atom stereocenters. The van der Waals surface area contributed by atoms with Gasteiger partial charge >= 0.3 is 0 Å². The minimum absolute atomic E-state index is 0.183. The molecule has 3 heteroatoms. The molecule has 0 heterocycles. The summed E-state index contributed by atoms with van der Waals surface area (Å²) in [5, 5.41) is 2.94. The normalized spacial score (nSPS) is 9.69. The van der Waals surface area contributed by atoms with Gasteiger partial charge in [0.15, 0.2) is 0 Å². The second-order valence-corrected chi connectivity index (χ2v) is 3.12. The van der Waals surface area contributed by atoms with Gasteiger partial charge in [0.05, 0.1) is 6.54 Å². The minimum Gasteiger partial charge on any atom is -0.376 e. The van der Waals surface area contributed by atoms with E-state index in [9.17, 15) is 4.79 Å². The van der Waals surface area contributed by atoms with Crippen LogP contribution in [-0.2, 0) is 4.79 Å². The molecule has 0 unspecified atom stereocenters. The molecular weight excluding hydrogens is 164 g/mol. The van der Waals surface area contributed by atoms with E-state index in [0.717, 1.165) is 5.69 Å². The molecule has 0 spiro atoms. The van der Waals surface area contributed by atoms with Crippen LogP contribution in [0.2, 0.25) is 0 Å². The summed E-state index contributed by atoms with van der Waals surface area (Å²) in [6.45, 7) is 4.26. The first kappa shape index (κ1) is 9.58. The van der Waals surface area contributed by atoms with Gasteiger partial charge in [-0.3, -0.25) is 4.79 Å². The van der Waals surface area contributed by atoms with Crippen molar-refractivity contribution in [2.75, 3.05) is 11.9 Å². The number of anilines is 1. The van der Waals surface area contributed by atoms with E-state index in [-0.39, 0.29) is 12.5 Å². The minimum atomic E-state index is -0.349. The number of aryl methyl sites for hydroxylation is 2. The Morgan fingerprint density at radius 2 is 2.08 bits per heavy atom. The van der Waals surface area contributed by atoms with Crippen molar-refractivity contribution in [3.05, 3.63) is 29.3 Å². The van der Waals surface area contributed by atoms with Crippen molar-refractivity contribution in [2.24, 2.45) is 5.73 Å². The van der Waals surface area contributed by atoms with Gasteiger partial charge in [0.25, 0.3) is 0 Å². The van der Waals surface area contributed by atoms with Gasteiger partial charge in [-0.05, 0) is 37.1 Å². The van der Waals surface area contributed by atoms with Crippen molar-refractivity contribution in [2.45, 2.75) is 13.8 Å². The number of nitrogens with one attached hydrogen (secondary N) is 1. The summed E-state index contributed by atoms with van der Waals surface area (Å²) in [5.74, 6) is -0.349. The Bertz CT molecular complexity index is 321. The molecule has 0 saturated heterocycles. The van der Waals surface area contributed by atoms with Crippen LogP contribution >= 0.6 is 0 Å². The van der Waals surface area contributed by atoms with E-state index in [1.165, 1.54) is 11.1 Å². The van der Waals surface area contributed by atoms with Gasteiger partial charge in [0.1, 0.15) is 0 Å². The van der Waals surface area contributed by atoms with Crippen LogP contribution in [0.1, 0.15) is 11.1 Å². The Hall–Kier alpha value is -1.51. The van der Waals surface area contributed by atoms with Crippen LogP contribution in [0.5, 0.6) is 0 Å². The molecule has 1 amide bonds. The third-order valence-corrected chi connectivity index (χ3v) is 1.97. The Morgan fingerprint density at radius 3 is 2.62 bits per heavy atom. The molecule has 1 aromatic rings. The maximum Gasteiger partial charge on any atom is 0.236 e. The second kappa shape index (κ2) is 3.94. The van der Waals surface area contributed by atoms with E-state index >= 15 is 0 Å². The predicted molar refractivity (Wildman–Crippen MR) is 53.6 cm³/mol. The molecule has 0 radical (unpaired) electrons. The number of nitrogens with two attached hydrogens (primary N) is 1. The number of amides is 1. The van der Waals surface area contributed by atoms with Gasteiger partial charge in [-0.1, -0.05) is 6.07 Å². The highest BCUT2D eigenvalue weighted by Gasteiger charge is 1.97. The SMILES string of the molecule is Cc1ccc(NCC(N)=O)cc1C. The van der Waals surface area contributed by atoms with Gasteiger partial charge in [0, 0.05) is 5.69 Å².